The number of methoxy groups -OCH3 is 2. The van der Waals surface area contributed by atoms with Crippen molar-refractivity contribution in [3.05, 3.63) is 82.4 Å². The van der Waals surface area contributed by atoms with Crippen LogP contribution < -0.4 is 15.2 Å². The fourth-order valence-corrected chi connectivity index (χ4v) is 4.31. The third-order valence-electron chi connectivity index (χ3n) is 5.66. The fraction of sp³-hybridized carbons (Fsp3) is 0.250. The number of hydrogen-bond donors (Lipinski definition) is 1. The van der Waals surface area contributed by atoms with Gasteiger partial charge in [-0.1, -0.05) is 36.4 Å². The van der Waals surface area contributed by atoms with Crippen molar-refractivity contribution in [2.45, 2.75) is 24.7 Å². The Morgan fingerprint density at radius 1 is 1.13 bits per heavy atom. The third kappa shape index (κ3) is 3.29. The number of Topliss-reactive ketones (excluding diaryl/α,β-unsaturated/α-hetero) is 1. The van der Waals surface area contributed by atoms with Crippen LogP contribution in [0.15, 0.2) is 71.3 Å². The number of carbonyl (C=O) groups is 1. The van der Waals surface area contributed by atoms with E-state index in [1.54, 1.807) is 20.3 Å². The molecular formula is C24H22N2O4. The van der Waals surface area contributed by atoms with Gasteiger partial charge in [-0.25, -0.2) is 0 Å². The van der Waals surface area contributed by atoms with E-state index in [0.717, 1.165) is 16.7 Å². The maximum absolute atomic E-state index is 12.5. The maximum Gasteiger partial charge on any atom is 0.205 e. The quantitative estimate of drug-likeness (QED) is 0.833. The number of allylic oxidation sites excluding steroid dienone is 3. The van der Waals surface area contributed by atoms with E-state index >= 15 is 0 Å². The summed E-state index contributed by atoms with van der Waals surface area (Å²) < 4.78 is 16.8. The predicted octanol–water partition coefficient (Wildman–Crippen LogP) is 3.91. The Morgan fingerprint density at radius 3 is 2.57 bits per heavy atom. The van der Waals surface area contributed by atoms with E-state index in [1.165, 1.54) is 0 Å². The number of nitrogens with zero attached hydrogens (tertiary/aromatic N) is 1. The number of ether oxygens (including phenoxy) is 3. The van der Waals surface area contributed by atoms with Crippen LogP contribution in [0.1, 0.15) is 35.8 Å². The molecule has 0 spiro atoms. The standard InChI is InChI=1S/C24H22N2O4/c1-28-16-8-9-17(20(12-16)29-2)22-19(13-25)24(26)30-21-11-15(27)10-18(23(21)22)14-6-4-3-5-7-14/h3-9,12,18,22H,10-11,26H2,1-2H3/t18-,22-/m1/s1. The lowest BCUT2D eigenvalue weighted by Gasteiger charge is -2.37. The van der Waals surface area contributed by atoms with Crippen molar-refractivity contribution in [3.8, 4) is 17.6 Å². The maximum atomic E-state index is 12.5. The highest BCUT2D eigenvalue weighted by atomic mass is 16.5. The van der Waals surface area contributed by atoms with Gasteiger partial charge in [-0.2, -0.15) is 5.26 Å². The van der Waals surface area contributed by atoms with Gasteiger partial charge in [-0.15, -0.1) is 0 Å². The molecule has 2 atom stereocenters. The number of nitriles is 1. The first-order valence-electron chi connectivity index (χ1n) is 9.66. The minimum atomic E-state index is -0.474. The van der Waals surface area contributed by atoms with Crippen molar-refractivity contribution >= 4 is 5.78 Å². The second-order valence-corrected chi connectivity index (χ2v) is 7.29. The van der Waals surface area contributed by atoms with Crippen molar-refractivity contribution in [1.29, 1.82) is 5.26 Å². The van der Waals surface area contributed by atoms with E-state index in [9.17, 15) is 10.1 Å². The molecule has 0 unspecified atom stereocenters. The molecule has 2 aliphatic rings. The van der Waals surface area contributed by atoms with Gasteiger partial charge in [0, 0.05) is 24.0 Å². The molecule has 0 amide bonds. The van der Waals surface area contributed by atoms with Gasteiger partial charge in [-0.05, 0) is 17.2 Å². The normalized spacial score (nSPS) is 20.9. The van der Waals surface area contributed by atoms with Crippen molar-refractivity contribution in [2.75, 3.05) is 14.2 Å². The van der Waals surface area contributed by atoms with E-state index in [1.807, 2.05) is 42.5 Å². The SMILES string of the molecule is COc1ccc([C@@H]2C(C#N)=C(N)OC3=C2[C@@H](c2ccccc2)CC(=O)C3)c(OC)c1. The van der Waals surface area contributed by atoms with Crippen LogP contribution in [-0.2, 0) is 9.53 Å². The molecule has 2 N–H and O–H groups in total. The van der Waals surface area contributed by atoms with Gasteiger partial charge in [-0.3, -0.25) is 4.79 Å². The minimum absolute atomic E-state index is 0.0284. The summed E-state index contributed by atoms with van der Waals surface area (Å²) in [5.74, 6) is 1.17. The molecule has 1 heterocycles. The molecule has 6 nitrogen and oxygen atoms in total. The second kappa shape index (κ2) is 7.96. The van der Waals surface area contributed by atoms with Crippen molar-refractivity contribution in [3.63, 3.8) is 0 Å². The summed E-state index contributed by atoms with van der Waals surface area (Å²) in [6.45, 7) is 0. The summed E-state index contributed by atoms with van der Waals surface area (Å²) in [5, 5.41) is 9.93. The van der Waals surface area contributed by atoms with E-state index in [-0.39, 0.29) is 24.0 Å². The topological polar surface area (TPSA) is 94.6 Å². The van der Waals surface area contributed by atoms with Gasteiger partial charge in [0.25, 0.3) is 0 Å². The van der Waals surface area contributed by atoms with Gasteiger partial charge >= 0.3 is 0 Å². The van der Waals surface area contributed by atoms with Crippen molar-refractivity contribution < 1.29 is 19.0 Å². The Hall–Kier alpha value is -3.72. The third-order valence-corrected chi connectivity index (χ3v) is 5.66. The predicted molar refractivity (Wildman–Crippen MR) is 111 cm³/mol. The summed E-state index contributed by atoms with van der Waals surface area (Å²) in [6, 6.07) is 17.5. The highest BCUT2D eigenvalue weighted by molar-refractivity contribution is 5.84. The van der Waals surface area contributed by atoms with Crippen LogP contribution in [0, 0.1) is 11.3 Å². The zero-order chi connectivity index (χ0) is 21.3. The number of nitrogens with two attached hydrogens (primary N) is 1. The molecule has 2 aromatic carbocycles. The number of benzene rings is 2. The van der Waals surface area contributed by atoms with Crippen LogP contribution in [0.5, 0.6) is 11.5 Å². The average molecular weight is 402 g/mol. The van der Waals surface area contributed by atoms with E-state index in [4.69, 9.17) is 19.9 Å². The van der Waals surface area contributed by atoms with E-state index in [2.05, 4.69) is 6.07 Å². The summed E-state index contributed by atoms with van der Waals surface area (Å²) in [7, 11) is 3.16. The number of carbonyl (C=O) groups excluding carboxylic acids is 1. The zero-order valence-corrected chi connectivity index (χ0v) is 16.8. The molecule has 0 saturated carbocycles. The van der Waals surface area contributed by atoms with Crippen LogP contribution in [-0.4, -0.2) is 20.0 Å². The van der Waals surface area contributed by atoms with Crippen LogP contribution >= 0.6 is 0 Å². The Kier molecular flexibility index (Phi) is 5.20. The molecule has 2 aromatic rings. The molecule has 1 aliphatic carbocycles. The average Bonchev–Trinajstić information content (AvgIpc) is 2.77. The summed E-state index contributed by atoms with van der Waals surface area (Å²) in [6.07, 6.45) is 0.507. The highest BCUT2D eigenvalue weighted by Gasteiger charge is 2.42. The van der Waals surface area contributed by atoms with E-state index < -0.39 is 5.92 Å². The molecule has 152 valence electrons. The largest absolute Gasteiger partial charge is 0.497 e. The Balaban J connectivity index is 1.95. The molecule has 0 saturated heterocycles. The number of rotatable bonds is 4. The minimum Gasteiger partial charge on any atom is -0.497 e. The molecule has 1 aliphatic heterocycles. The smallest absolute Gasteiger partial charge is 0.205 e. The fourth-order valence-electron chi connectivity index (χ4n) is 4.31. The first-order chi connectivity index (χ1) is 14.6. The molecule has 0 fully saturated rings. The summed E-state index contributed by atoms with van der Waals surface area (Å²) >= 11 is 0. The molecule has 0 radical (unpaired) electrons. The van der Waals surface area contributed by atoms with Crippen molar-refractivity contribution in [1.82, 2.24) is 0 Å². The lowest BCUT2D eigenvalue weighted by atomic mass is 9.70. The Labute approximate surface area is 175 Å². The Bertz CT molecular complexity index is 1100. The molecule has 6 heteroatoms. The Morgan fingerprint density at radius 2 is 1.90 bits per heavy atom. The van der Waals surface area contributed by atoms with Crippen LogP contribution in [0.4, 0.5) is 0 Å². The van der Waals surface area contributed by atoms with Gasteiger partial charge in [0.2, 0.25) is 5.88 Å². The molecule has 0 aromatic heterocycles. The lowest BCUT2D eigenvalue weighted by Crippen LogP contribution is -2.29. The summed E-state index contributed by atoms with van der Waals surface area (Å²) in [4.78, 5) is 12.5. The molecule has 0 bridgehead atoms. The van der Waals surface area contributed by atoms with Gasteiger partial charge in [0.05, 0.1) is 26.6 Å². The van der Waals surface area contributed by atoms with Crippen LogP contribution in [0.2, 0.25) is 0 Å². The van der Waals surface area contributed by atoms with Gasteiger partial charge < -0.3 is 19.9 Å². The monoisotopic (exact) mass is 402 g/mol. The molecular weight excluding hydrogens is 380 g/mol. The van der Waals surface area contributed by atoms with E-state index in [0.29, 0.717) is 29.3 Å². The molecule has 30 heavy (non-hydrogen) atoms. The second-order valence-electron chi connectivity index (χ2n) is 7.29. The van der Waals surface area contributed by atoms with Gasteiger partial charge in [0.1, 0.15) is 34.7 Å². The van der Waals surface area contributed by atoms with Gasteiger partial charge in [0.15, 0.2) is 0 Å². The number of hydrogen-bond acceptors (Lipinski definition) is 6. The number of ketones is 1. The summed E-state index contributed by atoms with van der Waals surface area (Å²) in [5.41, 5.74) is 9.10. The van der Waals surface area contributed by atoms with Crippen LogP contribution in [0.25, 0.3) is 0 Å². The first-order valence-corrected chi connectivity index (χ1v) is 9.66. The zero-order valence-electron chi connectivity index (χ0n) is 16.8. The lowest BCUT2D eigenvalue weighted by molar-refractivity contribution is -0.119. The highest BCUT2D eigenvalue weighted by Crippen LogP contribution is 2.51. The molecule has 4 rings (SSSR count). The first kappa shape index (κ1) is 19.6. The van der Waals surface area contributed by atoms with Crippen LogP contribution in [0.3, 0.4) is 0 Å². The van der Waals surface area contributed by atoms with Crippen molar-refractivity contribution in [2.24, 2.45) is 5.73 Å².